The molecule has 0 aliphatic rings. The molecule has 0 bridgehead atoms. The molecule has 114 valence electrons. The first-order chi connectivity index (χ1) is 10.2. The maximum atomic E-state index is 12.5. The molecule has 0 saturated carbocycles. The summed E-state index contributed by atoms with van der Waals surface area (Å²) in [5, 5.41) is 11.3. The number of hydrogen-bond acceptors (Lipinski definition) is 3. The minimum atomic E-state index is -4.42. The smallest absolute Gasteiger partial charge is 0.339 e. The van der Waals surface area contributed by atoms with Crippen LogP contribution in [-0.4, -0.2) is 4.98 Å². The zero-order chi connectivity index (χ0) is 16.5. The Balaban J connectivity index is 2.34. The molecule has 0 fully saturated rings. The van der Waals surface area contributed by atoms with Crippen LogP contribution in [-0.2, 0) is 6.18 Å². The molecular formula is C13H5Cl3F3N3. The molecule has 0 unspecified atom stereocenters. The molecule has 1 aromatic heterocycles. The first-order valence-corrected chi connectivity index (χ1v) is 6.76. The molecule has 1 N–H and O–H groups in total. The molecule has 0 aliphatic carbocycles. The van der Waals surface area contributed by atoms with Gasteiger partial charge in [0.05, 0.1) is 10.6 Å². The predicted molar refractivity (Wildman–Crippen MR) is 78.7 cm³/mol. The van der Waals surface area contributed by atoms with E-state index in [0.29, 0.717) is 5.69 Å². The zero-order valence-electron chi connectivity index (χ0n) is 10.5. The van der Waals surface area contributed by atoms with Crippen LogP contribution in [0.3, 0.4) is 0 Å². The van der Waals surface area contributed by atoms with E-state index in [4.69, 9.17) is 40.1 Å². The molecule has 2 aromatic rings. The van der Waals surface area contributed by atoms with E-state index < -0.39 is 11.7 Å². The van der Waals surface area contributed by atoms with Crippen molar-refractivity contribution in [1.82, 2.24) is 4.98 Å². The van der Waals surface area contributed by atoms with Crippen LogP contribution in [0.15, 0.2) is 24.3 Å². The Kier molecular flexibility index (Phi) is 4.71. The number of hydrogen-bond donors (Lipinski definition) is 1. The van der Waals surface area contributed by atoms with E-state index >= 15 is 0 Å². The lowest BCUT2D eigenvalue weighted by Crippen LogP contribution is -2.04. The monoisotopic (exact) mass is 365 g/mol. The third kappa shape index (κ3) is 3.38. The zero-order valence-corrected chi connectivity index (χ0v) is 12.7. The summed E-state index contributed by atoms with van der Waals surface area (Å²) in [5.74, 6) is 0.0374. The Morgan fingerprint density at radius 3 is 2.14 bits per heavy atom. The standard InChI is InChI=1S/C13H5Cl3F3N3/c14-9-8(5-20)11(16)22-12(10(9)15)21-7-3-1-6(2-4-7)13(17,18)19/h1-4H,(H,21,22). The average molecular weight is 367 g/mol. The van der Waals surface area contributed by atoms with E-state index in [0.717, 1.165) is 12.1 Å². The number of aromatic nitrogens is 1. The molecule has 22 heavy (non-hydrogen) atoms. The molecule has 3 nitrogen and oxygen atoms in total. The van der Waals surface area contributed by atoms with Gasteiger partial charge in [0.2, 0.25) is 0 Å². The Hall–Kier alpha value is -1.68. The Labute approximate surface area is 138 Å². The van der Waals surface area contributed by atoms with Gasteiger partial charge in [-0.15, -0.1) is 0 Å². The molecule has 0 saturated heterocycles. The second-order valence-electron chi connectivity index (χ2n) is 4.07. The van der Waals surface area contributed by atoms with E-state index in [1.54, 1.807) is 6.07 Å². The van der Waals surface area contributed by atoms with Crippen LogP contribution >= 0.6 is 34.8 Å². The van der Waals surface area contributed by atoms with E-state index in [1.807, 2.05) is 0 Å². The minimum absolute atomic E-state index is 0.0374. The van der Waals surface area contributed by atoms with Gasteiger partial charge < -0.3 is 5.32 Å². The number of halogens is 6. The quantitative estimate of drug-likeness (QED) is 0.696. The highest BCUT2D eigenvalue weighted by Gasteiger charge is 2.30. The normalized spacial score (nSPS) is 11.1. The van der Waals surface area contributed by atoms with Crippen molar-refractivity contribution < 1.29 is 13.2 Å². The fourth-order valence-corrected chi connectivity index (χ4v) is 2.24. The number of rotatable bonds is 2. The van der Waals surface area contributed by atoms with Crippen LogP contribution in [0.2, 0.25) is 15.2 Å². The van der Waals surface area contributed by atoms with Crippen molar-refractivity contribution in [3.63, 3.8) is 0 Å². The summed E-state index contributed by atoms with van der Waals surface area (Å²) >= 11 is 17.6. The van der Waals surface area contributed by atoms with E-state index in [9.17, 15) is 13.2 Å². The summed E-state index contributed by atoms with van der Waals surface area (Å²) in [6.07, 6.45) is -4.42. The van der Waals surface area contributed by atoms with Crippen molar-refractivity contribution in [2.24, 2.45) is 0 Å². The maximum absolute atomic E-state index is 12.5. The lowest BCUT2D eigenvalue weighted by molar-refractivity contribution is -0.137. The summed E-state index contributed by atoms with van der Waals surface area (Å²) in [5.41, 5.74) is -0.557. The number of nitrogens with one attached hydrogen (secondary N) is 1. The summed E-state index contributed by atoms with van der Waals surface area (Å²) in [6, 6.07) is 5.99. The van der Waals surface area contributed by atoms with Gasteiger partial charge in [-0.3, -0.25) is 0 Å². The van der Waals surface area contributed by atoms with Crippen molar-refractivity contribution in [3.8, 4) is 6.07 Å². The highest BCUT2D eigenvalue weighted by Crippen LogP contribution is 2.36. The number of nitrogens with zero attached hydrogens (tertiary/aromatic N) is 2. The summed E-state index contributed by atoms with van der Waals surface area (Å²) in [7, 11) is 0. The van der Waals surface area contributed by atoms with Gasteiger partial charge in [0.15, 0.2) is 11.0 Å². The van der Waals surface area contributed by atoms with E-state index in [1.165, 1.54) is 12.1 Å². The van der Waals surface area contributed by atoms with Crippen molar-refractivity contribution >= 4 is 46.3 Å². The Morgan fingerprint density at radius 1 is 1.05 bits per heavy atom. The van der Waals surface area contributed by atoms with Crippen molar-refractivity contribution in [2.75, 3.05) is 5.32 Å². The second-order valence-corrected chi connectivity index (χ2v) is 5.18. The fraction of sp³-hybridized carbons (Fsp3) is 0.0769. The molecular weight excluding hydrogens is 362 g/mol. The first-order valence-electron chi connectivity index (χ1n) is 5.63. The van der Waals surface area contributed by atoms with Crippen LogP contribution < -0.4 is 5.32 Å². The molecule has 1 heterocycles. The lowest BCUT2D eigenvalue weighted by atomic mass is 10.2. The van der Waals surface area contributed by atoms with Gasteiger partial charge in [-0.1, -0.05) is 34.8 Å². The highest BCUT2D eigenvalue weighted by atomic mass is 35.5. The molecule has 2 rings (SSSR count). The SMILES string of the molecule is N#Cc1c(Cl)nc(Nc2ccc(C(F)(F)F)cc2)c(Cl)c1Cl. The van der Waals surface area contributed by atoms with Gasteiger partial charge in [-0.25, -0.2) is 4.98 Å². The van der Waals surface area contributed by atoms with Gasteiger partial charge in [0.25, 0.3) is 0 Å². The van der Waals surface area contributed by atoms with Crippen LogP contribution in [0, 0.1) is 11.3 Å². The summed E-state index contributed by atoms with van der Waals surface area (Å²) < 4.78 is 37.4. The number of anilines is 2. The first kappa shape index (κ1) is 16.7. The lowest BCUT2D eigenvalue weighted by Gasteiger charge is -2.11. The van der Waals surface area contributed by atoms with Gasteiger partial charge in [0, 0.05) is 5.69 Å². The minimum Gasteiger partial charge on any atom is -0.339 e. The number of alkyl halides is 3. The average Bonchev–Trinajstić information content (AvgIpc) is 2.44. The van der Waals surface area contributed by atoms with E-state index in [-0.39, 0.29) is 26.6 Å². The van der Waals surface area contributed by atoms with Crippen molar-refractivity contribution in [2.45, 2.75) is 6.18 Å². The molecule has 9 heteroatoms. The highest BCUT2D eigenvalue weighted by molar-refractivity contribution is 6.45. The predicted octanol–water partition coefficient (Wildman–Crippen LogP) is 5.68. The van der Waals surface area contributed by atoms with Gasteiger partial charge in [-0.2, -0.15) is 18.4 Å². The van der Waals surface area contributed by atoms with Gasteiger partial charge in [-0.05, 0) is 24.3 Å². The van der Waals surface area contributed by atoms with Crippen LogP contribution in [0.4, 0.5) is 24.7 Å². The fourth-order valence-electron chi connectivity index (χ4n) is 1.56. The number of pyridine rings is 1. The molecule has 1 aromatic carbocycles. The third-order valence-corrected chi connectivity index (χ3v) is 3.74. The van der Waals surface area contributed by atoms with Crippen LogP contribution in [0.1, 0.15) is 11.1 Å². The van der Waals surface area contributed by atoms with Gasteiger partial charge >= 0.3 is 6.18 Å². The van der Waals surface area contributed by atoms with Gasteiger partial charge in [0.1, 0.15) is 16.7 Å². The molecule has 0 aliphatic heterocycles. The summed E-state index contributed by atoms with van der Waals surface area (Å²) in [6.45, 7) is 0. The molecule has 0 atom stereocenters. The Morgan fingerprint density at radius 2 is 1.64 bits per heavy atom. The third-order valence-electron chi connectivity index (χ3n) is 2.62. The van der Waals surface area contributed by atoms with Crippen molar-refractivity contribution in [3.05, 3.63) is 50.6 Å². The topological polar surface area (TPSA) is 48.7 Å². The molecule has 0 radical (unpaired) electrons. The molecule has 0 spiro atoms. The molecule has 0 amide bonds. The van der Waals surface area contributed by atoms with Crippen molar-refractivity contribution in [1.29, 1.82) is 5.26 Å². The number of benzene rings is 1. The van der Waals surface area contributed by atoms with Crippen LogP contribution in [0.25, 0.3) is 0 Å². The maximum Gasteiger partial charge on any atom is 0.416 e. The van der Waals surface area contributed by atoms with Crippen LogP contribution in [0.5, 0.6) is 0 Å². The number of nitriles is 1. The van der Waals surface area contributed by atoms with E-state index in [2.05, 4.69) is 10.3 Å². The summed E-state index contributed by atoms with van der Waals surface area (Å²) in [4.78, 5) is 3.86. The Bertz CT molecular complexity index is 752. The second kappa shape index (κ2) is 6.21. The largest absolute Gasteiger partial charge is 0.416 e.